The van der Waals surface area contributed by atoms with Gasteiger partial charge in [0.2, 0.25) is 5.91 Å². The molecule has 122 valence electrons. The van der Waals surface area contributed by atoms with Gasteiger partial charge in [0, 0.05) is 14.9 Å². The molecule has 3 N–H and O–H groups in total. The smallest absolute Gasteiger partial charge is 0.262 e. The lowest BCUT2D eigenvalue weighted by molar-refractivity contribution is -0.115. The van der Waals surface area contributed by atoms with Crippen LogP contribution in [0, 0.1) is 0 Å². The van der Waals surface area contributed by atoms with Crippen molar-refractivity contribution in [1.82, 2.24) is 0 Å². The van der Waals surface area contributed by atoms with E-state index in [1.807, 2.05) is 0 Å². The van der Waals surface area contributed by atoms with Gasteiger partial charge in [-0.25, -0.2) is 8.42 Å². The second-order valence-electron chi connectivity index (χ2n) is 4.46. The van der Waals surface area contributed by atoms with Gasteiger partial charge in [-0.3, -0.25) is 9.52 Å². The van der Waals surface area contributed by atoms with Crippen LogP contribution < -0.4 is 10.5 Å². The summed E-state index contributed by atoms with van der Waals surface area (Å²) in [7, 11) is -3.87. The molecule has 0 aromatic heterocycles. The van der Waals surface area contributed by atoms with Crippen molar-refractivity contribution in [2.24, 2.45) is 5.73 Å². The summed E-state index contributed by atoms with van der Waals surface area (Å²) >= 11 is 12.8. The molecule has 2 aromatic carbocycles. The minimum atomic E-state index is -3.87. The Morgan fingerprint density at radius 1 is 1.13 bits per heavy atom. The van der Waals surface area contributed by atoms with Crippen LogP contribution in [0.25, 0.3) is 0 Å². The summed E-state index contributed by atoms with van der Waals surface area (Å²) in [4.78, 5) is 11.4. The standard InChI is InChI=1S/C14H12Cl2N2O3S2/c15-9-5-10(16)7-11(6-9)23(20,21)18-12-3-1-2-4-13(12)22-8-14(17)19/h1-7,18H,8H2,(H2,17,19). The Bertz CT molecular complexity index is 821. The van der Waals surface area contributed by atoms with Gasteiger partial charge in [0.25, 0.3) is 10.0 Å². The molecule has 23 heavy (non-hydrogen) atoms. The predicted molar refractivity (Wildman–Crippen MR) is 93.6 cm³/mol. The Balaban J connectivity index is 2.32. The van der Waals surface area contributed by atoms with Crippen LogP contribution >= 0.6 is 35.0 Å². The third-order valence-electron chi connectivity index (χ3n) is 2.65. The van der Waals surface area contributed by atoms with Gasteiger partial charge in [0.1, 0.15) is 0 Å². The highest BCUT2D eigenvalue weighted by atomic mass is 35.5. The van der Waals surface area contributed by atoms with Gasteiger partial charge in [-0.15, -0.1) is 11.8 Å². The Kier molecular flexibility index (Phi) is 5.80. The topological polar surface area (TPSA) is 89.3 Å². The first-order valence-electron chi connectivity index (χ1n) is 6.27. The van der Waals surface area contributed by atoms with Crippen LogP contribution in [0.5, 0.6) is 0 Å². The number of hydrogen-bond acceptors (Lipinski definition) is 4. The number of nitrogens with one attached hydrogen (secondary N) is 1. The van der Waals surface area contributed by atoms with E-state index in [1.54, 1.807) is 24.3 Å². The number of thioether (sulfide) groups is 1. The number of benzene rings is 2. The van der Waals surface area contributed by atoms with E-state index in [4.69, 9.17) is 28.9 Å². The number of para-hydroxylation sites is 1. The number of rotatable bonds is 6. The van der Waals surface area contributed by atoms with Gasteiger partial charge in [-0.2, -0.15) is 0 Å². The van der Waals surface area contributed by atoms with Gasteiger partial charge in [0.05, 0.1) is 16.3 Å². The highest BCUT2D eigenvalue weighted by molar-refractivity contribution is 8.00. The zero-order valence-corrected chi connectivity index (χ0v) is 14.8. The average Bonchev–Trinajstić information content (AvgIpc) is 2.45. The van der Waals surface area contributed by atoms with E-state index in [-0.39, 0.29) is 20.7 Å². The maximum Gasteiger partial charge on any atom is 0.262 e. The molecule has 1 amide bonds. The lowest BCUT2D eigenvalue weighted by Gasteiger charge is -2.12. The molecule has 2 aromatic rings. The number of halogens is 2. The SMILES string of the molecule is NC(=O)CSc1ccccc1NS(=O)(=O)c1cc(Cl)cc(Cl)c1. The zero-order chi connectivity index (χ0) is 17.0. The van der Waals surface area contributed by atoms with E-state index in [1.165, 1.54) is 18.2 Å². The molecule has 0 aliphatic carbocycles. The first-order valence-corrected chi connectivity index (χ1v) is 9.49. The molecule has 0 fully saturated rings. The minimum absolute atomic E-state index is 0.0434. The van der Waals surface area contributed by atoms with Crippen LogP contribution in [0.3, 0.4) is 0 Å². The molecule has 2 rings (SSSR count). The fraction of sp³-hybridized carbons (Fsp3) is 0.0714. The molecule has 9 heteroatoms. The molecule has 0 heterocycles. The van der Waals surface area contributed by atoms with Gasteiger partial charge in [0.15, 0.2) is 0 Å². The Hall–Kier alpha value is -1.41. The van der Waals surface area contributed by atoms with Gasteiger partial charge in [-0.1, -0.05) is 35.3 Å². The molecule has 0 saturated heterocycles. The fourth-order valence-electron chi connectivity index (χ4n) is 1.71. The summed E-state index contributed by atoms with van der Waals surface area (Å²) in [5, 5.41) is 0.434. The maximum atomic E-state index is 12.5. The van der Waals surface area contributed by atoms with Crippen molar-refractivity contribution < 1.29 is 13.2 Å². The second kappa shape index (κ2) is 7.44. The third kappa shape index (κ3) is 5.04. The van der Waals surface area contributed by atoms with Crippen LogP contribution in [0.1, 0.15) is 0 Å². The Morgan fingerprint density at radius 2 is 1.74 bits per heavy atom. The zero-order valence-electron chi connectivity index (χ0n) is 11.6. The molecular formula is C14H12Cl2N2O3S2. The maximum absolute atomic E-state index is 12.5. The van der Waals surface area contributed by atoms with Crippen LogP contribution in [0.4, 0.5) is 5.69 Å². The molecule has 0 radical (unpaired) electrons. The van der Waals surface area contributed by atoms with Crippen molar-refractivity contribution in [1.29, 1.82) is 0 Å². The largest absolute Gasteiger partial charge is 0.369 e. The minimum Gasteiger partial charge on any atom is -0.369 e. The van der Waals surface area contributed by atoms with Crippen molar-refractivity contribution in [2.75, 3.05) is 10.5 Å². The highest BCUT2D eigenvalue weighted by Crippen LogP contribution is 2.30. The number of sulfonamides is 1. The molecule has 0 aliphatic rings. The number of hydrogen-bond donors (Lipinski definition) is 2. The van der Waals surface area contributed by atoms with E-state index in [0.29, 0.717) is 10.6 Å². The van der Waals surface area contributed by atoms with E-state index in [2.05, 4.69) is 4.72 Å². The summed E-state index contributed by atoms with van der Waals surface area (Å²) in [6.07, 6.45) is 0. The number of carbonyl (C=O) groups excluding carboxylic acids is 1. The quantitative estimate of drug-likeness (QED) is 0.739. The number of anilines is 1. The number of amides is 1. The van der Waals surface area contributed by atoms with Crippen molar-refractivity contribution in [2.45, 2.75) is 9.79 Å². The van der Waals surface area contributed by atoms with Crippen molar-refractivity contribution in [3.8, 4) is 0 Å². The summed E-state index contributed by atoms with van der Waals surface area (Å²) in [6.45, 7) is 0. The van der Waals surface area contributed by atoms with Crippen LogP contribution in [-0.4, -0.2) is 20.1 Å². The lowest BCUT2D eigenvalue weighted by atomic mass is 10.3. The molecule has 5 nitrogen and oxygen atoms in total. The highest BCUT2D eigenvalue weighted by Gasteiger charge is 2.17. The van der Waals surface area contributed by atoms with Crippen molar-refractivity contribution in [3.05, 3.63) is 52.5 Å². The number of nitrogens with two attached hydrogens (primary N) is 1. The molecule has 0 atom stereocenters. The molecule has 0 saturated carbocycles. The summed E-state index contributed by atoms with van der Waals surface area (Å²) < 4.78 is 27.4. The third-order valence-corrected chi connectivity index (χ3v) is 5.52. The normalized spacial score (nSPS) is 11.2. The summed E-state index contributed by atoms with van der Waals surface area (Å²) in [5.41, 5.74) is 5.46. The van der Waals surface area contributed by atoms with Crippen LogP contribution in [0.15, 0.2) is 52.3 Å². The first kappa shape index (κ1) is 17.9. The number of primary amides is 1. The van der Waals surface area contributed by atoms with Gasteiger partial charge >= 0.3 is 0 Å². The number of carbonyl (C=O) groups is 1. The van der Waals surface area contributed by atoms with E-state index < -0.39 is 15.9 Å². The van der Waals surface area contributed by atoms with Crippen molar-refractivity contribution in [3.63, 3.8) is 0 Å². The fourth-order valence-corrected chi connectivity index (χ4v) is 4.33. The van der Waals surface area contributed by atoms with Gasteiger partial charge in [-0.05, 0) is 30.3 Å². The summed E-state index contributed by atoms with van der Waals surface area (Å²) in [6, 6.07) is 10.7. The van der Waals surface area contributed by atoms with E-state index >= 15 is 0 Å². The first-order chi connectivity index (χ1) is 10.8. The molecule has 0 bridgehead atoms. The Labute approximate surface area is 148 Å². The van der Waals surface area contributed by atoms with Crippen LogP contribution in [-0.2, 0) is 14.8 Å². The molecule has 0 unspecified atom stereocenters. The Morgan fingerprint density at radius 3 is 2.35 bits per heavy atom. The molecule has 0 spiro atoms. The van der Waals surface area contributed by atoms with Crippen molar-refractivity contribution >= 4 is 56.6 Å². The average molecular weight is 391 g/mol. The van der Waals surface area contributed by atoms with E-state index in [0.717, 1.165) is 11.8 Å². The predicted octanol–water partition coefficient (Wildman–Crippen LogP) is 3.37. The monoisotopic (exact) mass is 390 g/mol. The second-order valence-corrected chi connectivity index (χ2v) is 8.03. The molecular weight excluding hydrogens is 379 g/mol. The van der Waals surface area contributed by atoms with E-state index in [9.17, 15) is 13.2 Å². The summed E-state index contributed by atoms with van der Waals surface area (Å²) in [5.74, 6) is -0.448. The van der Waals surface area contributed by atoms with Gasteiger partial charge < -0.3 is 5.73 Å². The van der Waals surface area contributed by atoms with Crippen LogP contribution in [0.2, 0.25) is 10.0 Å². The lowest BCUT2D eigenvalue weighted by Crippen LogP contribution is -2.15. The molecule has 0 aliphatic heterocycles.